The van der Waals surface area contributed by atoms with Crippen LogP contribution in [0.2, 0.25) is 0 Å². The topological polar surface area (TPSA) is 69.6 Å². The van der Waals surface area contributed by atoms with Gasteiger partial charge >= 0.3 is 0 Å². The molecule has 1 aromatic rings. The van der Waals surface area contributed by atoms with E-state index in [1.165, 1.54) is 24.1 Å². The van der Waals surface area contributed by atoms with E-state index < -0.39 is 0 Å². The van der Waals surface area contributed by atoms with Crippen molar-refractivity contribution in [2.24, 2.45) is 4.99 Å². The van der Waals surface area contributed by atoms with Crippen LogP contribution in [0.15, 0.2) is 40.8 Å². The van der Waals surface area contributed by atoms with Crippen LogP contribution < -0.4 is 10.6 Å². The van der Waals surface area contributed by atoms with E-state index in [1.54, 1.807) is 6.20 Å². The maximum Gasteiger partial charge on any atom is 0.239 e. The van der Waals surface area contributed by atoms with Gasteiger partial charge in [-0.1, -0.05) is 12.5 Å². The second-order valence-corrected chi connectivity index (χ2v) is 8.42. The minimum atomic E-state index is -0.235. The van der Waals surface area contributed by atoms with Crippen LogP contribution in [0.1, 0.15) is 64.7 Å². The quantitative estimate of drug-likeness (QED) is 0.855. The fraction of sp³-hybridized carbons (Fsp3) is 0.571. The minimum Gasteiger partial charge on any atom is -0.352 e. The van der Waals surface area contributed by atoms with E-state index in [4.69, 9.17) is 4.99 Å². The highest BCUT2D eigenvalue weighted by Gasteiger charge is 2.28. The number of hydrogen-bond donors (Lipinski definition) is 2. The predicted octanol–water partition coefficient (Wildman–Crippen LogP) is 3.15. The molecule has 3 rings (SSSR count). The third-order valence-corrected chi connectivity index (χ3v) is 4.78. The van der Waals surface area contributed by atoms with Gasteiger partial charge in [0.2, 0.25) is 5.91 Å². The van der Waals surface area contributed by atoms with Crippen LogP contribution in [-0.2, 0) is 4.79 Å². The normalized spacial score (nSPS) is 20.1. The second-order valence-electron chi connectivity index (χ2n) is 8.42. The predicted molar refractivity (Wildman–Crippen MR) is 108 cm³/mol. The number of rotatable bonds is 4. The summed E-state index contributed by atoms with van der Waals surface area (Å²) in [4.78, 5) is 23.9. The number of pyridine rings is 1. The number of carbonyl (C=O) groups excluding carboxylic acids is 1. The molecule has 1 aromatic heterocycles. The number of nitrogens with one attached hydrogen (secondary N) is 2. The fourth-order valence-electron chi connectivity index (χ4n) is 3.64. The van der Waals surface area contributed by atoms with Gasteiger partial charge in [-0.2, -0.15) is 0 Å². The number of aliphatic imine (C=N–C) groups is 1. The van der Waals surface area contributed by atoms with E-state index in [9.17, 15) is 4.79 Å². The Morgan fingerprint density at radius 2 is 2.04 bits per heavy atom. The lowest BCUT2D eigenvalue weighted by Crippen LogP contribution is -2.47. The van der Waals surface area contributed by atoms with E-state index >= 15 is 0 Å². The number of aromatic nitrogens is 1. The monoisotopic (exact) mass is 369 g/mol. The van der Waals surface area contributed by atoms with Crippen LogP contribution in [0.25, 0.3) is 0 Å². The Labute approximate surface area is 162 Å². The number of allylic oxidation sites excluding steroid dienone is 1. The Hall–Kier alpha value is -2.37. The van der Waals surface area contributed by atoms with Gasteiger partial charge in [-0.25, -0.2) is 0 Å². The first-order valence-electron chi connectivity index (χ1n) is 9.83. The van der Waals surface area contributed by atoms with Gasteiger partial charge in [-0.05, 0) is 58.6 Å². The Morgan fingerprint density at radius 1 is 1.26 bits per heavy atom. The van der Waals surface area contributed by atoms with Gasteiger partial charge in [-0.15, -0.1) is 0 Å². The van der Waals surface area contributed by atoms with Crippen molar-refractivity contribution in [2.75, 3.05) is 13.6 Å². The van der Waals surface area contributed by atoms with E-state index in [1.807, 2.05) is 50.9 Å². The van der Waals surface area contributed by atoms with Crippen molar-refractivity contribution in [3.63, 3.8) is 0 Å². The molecule has 0 spiro atoms. The fourth-order valence-corrected chi connectivity index (χ4v) is 3.64. The Bertz CT molecular complexity index is 733. The van der Waals surface area contributed by atoms with Crippen LogP contribution in [0.3, 0.4) is 0 Å². The summed E-state index contributed by atoms with van der Waals surface area (Å²) >= 11 is 0. The van der Waals surface area contributed by atoms with Crippen molar-refractivity contribution in [3.8, 4) is 0 Å². The largest absolute Gasteiger partial charge is 0.352 e. The molecule has 0 radical (unpaired) electrons. The van der Waals surface area contributed by atoms with Crippen LogP contribution in [0.4, 0.5) is 0 Å². The van der Waals surface area contributed by atoms with Crippen molar-refractivity contribution >= 4 is 11.6 Å². The highest BCUT2D eigenvalue weighted by Crippen LogP contribution is 2.30. The maximum atomic E-state index is 12.4. The average molecular weight is 370 g/mol. The molecule has 0 bridgehead atoms. The van der Waals surface area contributed by atoms with Crippen molar-refractivity contribution in [2.45, 2.75) is 64.6 Å². The molecule has 27 heavy (non-hydrogen) atoms. The minimum absolute atomic E-state index is 0.0203. The summed E-state index contributed by atoms with van der Waals surface area (Å²) in [6.07, 6.45) is 7.13. The number of carbonyl (C=O) groups is 1. The summed E-state index contributed by atoms with van der Waals surface area (Å²) in [5, 5.41) is 6.58. The Kier molecular flexibility index (Phi) is 5.82. The molecular weight excluding hydrogens is 338 g/mol. The molecule has 1 aliphatic heterocycles. The number of fused-ring (bicyclic) bond motifs is 1. The maximum absolute atomic E-state index is 12.4. The molecule has 1 unspecified atom stereocenters. The molecule has 2 heterocycles. The van der Waals surface area contributed by atoms with Gasteiger partial charge in [0.05, 0.1) is 12.2 Å². The molecule has 1 amide bonds. The van der Waals surface area contributed by atoms with E-state index in [2.05, 4.69) is 15.6 Å². The van der Waals surface area contributed by atoms with E-state index in [0.29, 0.717) is 6.54 Å². The van der Waals surface area contributed by atoms with Crippen molar-refractivity contribution < 1.29 is 4.79 Å². The van der Waals surface area contributed by atoms with Gasteiger partial charge in [0.25, 0.3) is 0 Å². The lowest BCUT2D eigenvalue weighted by atomic mass is 10.0. The molecule has 6 heteroatoms. The lowest BCUT2D eigenvalue weighted by molar-refractivity contribution is -0.123. The summed E-state index contributed by atoms with van der Waals surface area (Å²) < 4.78 is 0. The smallest absolute Gasteiger partial charge is 0.239 e. The molecule has 2 N–H and O–H groups in total. The first-order valence-corrected chi connectivity index (χ1v) is 9.83. The SMILES string of the molecule is CN(CC(=O)NC(C)(C)C)C1=C2CCCCCC2=NC(c2ccccn2)N1. The number of hydrogen-bond acceptors (Lipinski definition) is 5. The van der Waals surface area contributed by atoms with Gasteiger partial charge in [0.1, 0.15) is 5.82 Å². The average Bonchev–Trinajstić information content (AvgIpc) is 2.85. The molecule has 146 valence electrons. The van der Waals surface area contributed by atoms with Crippen molar-refractivity contribution in [1.29, 1.82) is 0 Å². The summed E-state index contributed by atoms with van der Waals surface area (Å²) in [5.74, 6) is 1.04. The number of amides is 1. The second kappa shape index (κ2) is 8.11. The van der Waals surface area contributed by atoms with E-state index in [-0.39, 0.29) is 17.6 Å². The molecule has 1 atom stereocenters. The summed E-state index contributed by atoms with van der Waals surface area (Å²) in [6, 6.07) is 5.89. The Morgan fingerprint density at radius 3 is 2.74 bits per heavy atom. The third kappa shape index (κ3) is 5.08. The highest BCUT2D eigenvalue weighted by molar-refractivity contribution is 6.01. The first kappa shape index (κ1) is 19.4. The van der Waals surface area contributed by atoms with Crippen molar-refractivity contribution in [3.05, 3.63) is 41.5 Å². The van der Waals surface area contributed by atoms with Gasteiger partial charge < -0.3 is 15.5 Å². The Balaban J connectivity index is 1.85. The molecule has 6 nitrogen and oxygen atoms in total. The molecule has 1 aliphatic carbocycles. The van der Waals surface area contributed by atoms with Crippen LogP contribution in [0.5, 0.6) is 0 Å². The van der Waals surface area contributed by atoms with Gasteiger partial charge in [0.15, 0.2) is 6.17 Å². The summed E-state index contributed by atoms with van der Waals surface area (Å²) in [7, 11) is 1.97. The number of likely N-dealkylation sites (N-methyl/N-ethyl adjacent to an activating group) is 1. The summed E-state index contributed by atoms with van der Waals surface area (Å²) in [6.45, 7) is 6.31. The van der Waals surface area contributed by atoms with Crippen LogP contribution >= 0.6 is 0 Å². The molecule has 1 saturated carbocycles. The number of nitrogens with zero attached hydrogens (tertiary/aromatic N) is 3. The molecule has 1 fully saturated rings. The zero-order valence-corrected chi connectivity index (χ0v) is 16.9. The van der Waals surface area contributed by atoms with Gasteiger partial charge in [-0.3, -0.25) is 14.8 Å². The lowest BCUT2D eigenvalue weighted by Gasteiger charge is -2.33. The standard InChI is InChI=1S/C21H31N5O/c1-21(2,3)25-18(27)14-26(4)20-15-10-6-5-7-11-16(15)23-19(24-20)17-12-8-9-13-22-17/h8-9,12-13,19,24H,5-7,10-11,14H2,1-4H3,(H,25,27). The molecule has 0 aromatic carbocycles. The van der Waals surface area contributed by atoms with E-state index in [0.717, 1.165) is 30.8 Å². The zero-order chi connectivity index (χ0) is 19.4. The van der Waals surface area contributed by atoms with Crippen molar-refractivity contribution in [1.82, 2.24) is 20.5 Å². The first-order chi connectivity index (χ1) is 12.8. The molecule has 0 saturated heterocycles. The summed E-state index contributed by atoms with van der Waals surface area (Å²) in [5.41, 5.74) is 3.09. The van der Waals surface area contributed by atoms with Gasteiger partial charge in [0, 0.05) is 30.1 Å². The molecule has 2 aliphatic rings. The third-order valence-electron chi connectivity index (χ3n) is 4.78. The zero-order valence-electron chi connectivity index (χ0n) is 16.9. The van der Waals surface area contributed by atoms with Crippen LogP contribution in [-0.4, -0.2) is 40.6 Å². The molecular formula is C21H31N5O. The van der Waals surface area contributed by atoms with Crippen LogP contribution in [0, 0.1) is 0 Å². The highest BCUT2D eigenvalue weighted by atomic mass is 16.2.